The molecule has 1 aromatic carbocycles. The van der Waals surface area contributed by atoms with Crippen molar-refractivity contribution in [3.63, 3.8) is 0 Å². The Morgan fingerprint density at radius 3 is 2.80 bits per heavy atom. The molecule has 0 radical (unpaired) electrons. The largest absolute Gasteiger partial charge is 0.492 e. The Morgan fingerprint density at radius 1 is 1.45 bits per heavy atom. The SMILES string of the molecule is CC(C)(C)C(CCBr)NC(=O)C1COc2ccccc21. The quantitative estimate of drug-likeness (QED) is 0.853. The summed E-state index contributed by atoms with van der Waals surface area (Å²) in [5, 5.41) is 4.07. The van der Waals surface area contributed by atoms with E-state index in [0.29, 0.717) is 6.61 Å². The van der Waals surface area contributed by atoms with Gasteiger partial charge in [-0.2, -0.15) is 0 Å². The summed E-state index contributed by atoms with van der Waals surface area (Å²) in [5.74, 6) is 0.711. The Kier molecular flexibility index (Phi) is 4.74. The number of rotatable bonds is 4. The van der Waals surface area contributed by atoms with Gasteiger partial charge in [0.2, 0.25) is 5.91 Å². The van der Waals surface area contributed by atoms with E-state index < -0.39 is 0 Å². The van der Waals surface area contributed by atoms with Crippen LogP contribution in [0, 0.1) is 5.41 Å². The molecule has 2 atom stereocenters. The van der Waals surface area contributed by atoms with Crippen molar-refractivity contribution in [1.29, 1.82) is 0 Å². The average Bonchev–Trinajstić information content (AvgIpc) is 2.81. The van der Waals surface area contributed by atoms with E-state index in [1.165, 1.54) is 0 Å². The summed E-state index contributed by atoms with van der Waals surface area (Å²) in [5.41, 5.74) is 1.04. The minimum Gasteiger partial charge on any atom is -0.492 e. The van der Waals surface area contributed by atoms with Gasteiger partial charge in [0, 0.05) is 16.9 Å². The van der Waals surface area contributed by atoms with Crippen LogP contribution < -0.4 is 10.1 Å². The first-order valence-corrected chi connectivity index (χ1v) is 8.13. The monoisotopic (exact) mass is 339 g/mol. The third kappa shape index (κ3) is 3.35. The molecule has 1 amide bonds. The van der Waals surface area contributed by atoms with E-state index >= 15 is 0 Å². The van der Waals surface area contributed by atoms with E-state index in [1.54, 1.807) is 0 Å². The zero-order valence-electron chi connectivity index (χ0n) is 12.3. The first-order chi connectivity index (χ1) is 9.43. The van der Waals surface area contributed by atoms with Crippen molar-refractivity contribution >= 4 is 21.8 Å². The van der Waals surface area contributed by atoms with Gasteiger partial charge in [-0.1, -0.05) is 54.9 Å². The molecule has 1 aliphatic rings. The second-order valence-corrected chi connectivity index (χ2v) is 7.10. The van der Waals surface area contributed by atoms with Crippen LogP contribution in [-0.4, -0.2) is 23.9 Å². The minimum absolute atomic E-state index is 0.0441. The van der Waals surface area contributed by atoms with Crippen molar-refractivity contribution in [2.45, 2.75) is 39.2 Å². The summed E-state index contributed by atoms with van der Waals surface area (Å²) in [6, 6.07) is 7.93. The van der Waals surface area contributed by atoms with Gasteiger partial charge in [-0.3, -0.25) is 4.79 Å². The second kappa shape index (κ2) is 6.17. The number of carbonyl (C=O) groups is 1. The van der Waals surface area contributed by atoms with Crippen LogP contribution in [0.5, 0.6) is 5.75 Å². The van der Waals surface area contributed by atoms with Crippen LogP contribution in [0.1, 0.15) is 38.7 Å². The van der Waals surface area contributed by atoms with Crippen molar-refractivity contribution in [3.8, 4) is 5.75 Å². The Morgan fingerprint density at radius 2 is 2.15 bits per heavy atom. The van der Waals surface area contributed by atoms with Crippen molar-refractivity contribution in [3.05, 3.63) is 29.8 Å². The van der Waals surface area contributed by atoms with Crippen molar-refractivity contribution in [1.82, 2.24) is 5.32 Å². The summed E-state index contributed by atoms with van der Waals surface area (Å²) in [6.07, 6.45) is 0.921. The third-order valence-electron chi connectivity index (χ3n) is 3.78. The Balaban J connectivity index is 2.09. The van der Waals surface area contributed by atoms with E-state index in [4.69, 9.17) is 4.74 Å². The number of hydrogen-bond acceptors (Lipinski definition) is 2. The lowest BCUT2D eigenvalue weighted by Gasteiger charge is -2.32. The molecule has 20 heavy (non-hydrogen) atoms. The summed E-state index contributed by atoms with van der Waals surface area (Å²) in [6.45, 7) is 6.90. The highest BCUT2D eigenvalue weighted by Crippen LogP contribution is 2.34. The Labute approximate surface area is 129 Å². The lowest BCUT2D eigenvalue weighted by Crippen LogP contribution is -2.46. The van der Waals surface area contributed by atoms with Crippen LogP contribution in [0.3, 0.4) is 0 Å². The molecule has 0 saturated heterocycles. The summed E-state index contributed by atoms with van der Waals surface area (Å²) in [7, 11) is 0. The molecule has 0 spiro atoms. The van der Waals surface area contributed by atoms with E-state index in [9.17, 15) is 4.79 Å². The van der Waals surface area contributed by atoms with Gasteiger partial charge in [-0.05, 0) is 17.9 Å². The fourth-order valence-corrected chi connectivity index (χ4v) is 2.94. The normalized spacial score (nSPS) is 19.1. The molecule has 1 N–H and O–H groups in total. The number of benzene rings is 1. The van der Waals surface area contributed by atoms with E-state index in [0.717, 1.165) is 23.1 Å². The summed E-state index contributed by atoms with van der Waals surface area (Å²) in [4.78, 5) is 12.5. The van der Waals surface area contributed by atoms with Crippen LogP contribution in [0.2, 0.25) is 0 Å². The lowest BCUT2D eigenvalue weighted by atomic mass is 9.84. The third-order valence-corrected chi connectivity index (χ3v) is 4.23. The van der Waals surface area contributed by atoms with Crippen LogP contribution in [-0.2, 0) is 4.79 Å². The molecule has 0 saturated carbocycles. The maximum Gasteiger partial charge on any atom is 0.231 e. The maximum absolute atomic E-state index is 12.5. The fourth-order valence-electron chi connectivity index (χ4n) is 2.48. The van der Waals surface area contributed by atoms with E-state index in [1.807, 2.05) is 24.3 Å². The number of carbonyl (C=O) groups excluding carboxylic acids is 1. The molecular formula is C16H22BrNO2. The highest BCUT2D eigenvalue weighted by Gasteiger charge is 2.33. The standard InChI is InChI=1S/C16H22BrNO2/c1-16(2,3)14(8-9-17)18-15(19)12-10-20-13-7-5-4-6-11(12)13/h4-7,12,14H,8-10H2,1-3H3,(H,18,19). The van der Waals surface area contributed by atoms with Crippen LogP contribution >= 0.6 is 15.9 Å². The van der Waals surface area contributed by atoms with E-state index in [-0.39, 0.29) is 23.3 Å². The molecule has 3 nitrogen and oxygen atoms in total. The number of alkyl halides is 1. The molecule has 2 unspecified atom stereocenters. The van der Waals surface area contributed by atoms with Gasteiger partial charge in [0.1, 0.15) is 18.3 Å². The van der Waals surface area contributed by atoms with Crippen molar-refractivity contribution < 1.29 is 9.53 Å². The second-order valence-electron chi connectivity index (χ2n) is 6.31. The molecule has 0 aliphatic carbocycles. The number of para-hydroxylation sites is 1. The first kappa shape index (κ1) is 15.4. The number of fused-ring (bicyclic) bond motifs is 1. The molecule has 2 rings (SSSR count). The van der Waals surface area contributed by atoms with E-state index in [2.05, 4.69) is 42.0 Å². The molecule has 0 bridgehead atoms. The predicted molar refractivity (Wildman–Crippen MR) is 84.5 cm³/mol. The molecule has 1 heterocycles. The maximum atomic E-state index is 12.5. The van der Waals surface area contributed by atoms with Crippen LogP contribution in [0.4, 0.5) is 0 Å². The molecule has 4 heteroatoms. The molecule has 0 aromatic heterocycles. The van der Waals surface area contributed by atoms with Gasteiger partial charge in [0.05, 0.1) is 0 Å². The number of ether oxygens (including phenoxy) is 1. The van der Waals surface area contributed by atoms with Gasteiger partial charge in [0.25, 0.3) is 0 Å². The van der Waals surface area contributed by atoms with Crippen LogP contribution in [0.15, 0.2) is 24.3 Å². The number of amides is 1. The number of nitrogens with one attached hydrogen (secondary N) is 1. The smallest absolute Gasteiger partial charge is 0.231 e. The number of halogens is 1. The van der Waals surface area contributed by atoms with Gasteiger partial charge in [-0.25, -0.2) is 0 Å². The zero-order chi connectivity index (χ0) is 14.8. The minimum atomic E-state index is -0.189. The zero-order valence-corrected chi connectivity index (χ0v) is 13.9. The fraction of sp³-hybridized carbons (Fsp3) is 0.562. The average molecular weight is 340 g/mol. The molecule has 0 fully saturated rings. The summed E-state index contributed by atoms with van der Waals surface area (Å²) < 4.78 is 5.59. The Bertz CT molecular complexity index is 482. The predicted octanol–water partition coefficient (Wildman–Crippen LogP) is 3.48. The molecule has 1 aromatic rings. The number of hydrogen-bond donors (Lipinski definition) is 1. The van der Waals surface area contributed by atoms with Gasteiger partial charge < -0.3 is 10.1 Å². The summed E-state index contributed by atoms with van der Waals surface area (Å²) >= 11 is 3.47. The lowest BCUT2D eigenvalue weighted by molar-refractivity contribution is -0.124. The van der Waals surface area contributed by atoms with Gasteiger partial charge in [-0.15, -0.1) is 0 Å². The molecule has 1 aliphatic heterocycles. The van der Waals surface area contributed by atoms with Gasteiger partial charge in [0.15, 0.2) is 0 Å². The topological polar surface area (TPSA) is 38.3 Å². The Hall–Kier alpha value is -1.03. The van der Waals surface area contributed by atoms with Crippen molar-refractivity contribution in [2.24, 2.45) is 5.41 Å². The molecule has 110 valence electrons. The highest BCUT2D eigenvalue weighted by molar-refractivity contribution is 9.09. The van der Waals surface area contributed by atoms with Gasteiger partial charge >= 0.3 is 0 Å². The molecular weight excluding hydrogens is 318 g/mol. The van der Waals surface area contributed by atoms with Crippen molar-refractivity contribution in [2.75, 3.05) is 11.9 Å². The highest BCUT2D eigenvalue weighted by atomic mass is 79.9. The first-order valence-electron chi connectivity index (χ1n) is 7.01. The van der Waals surface area contributed by atoms with Crippen LogP contribution in [0.25, 0.3) is 0 Å².